The van der Waals surface area contributed by atoms with Gasteiger partial charge < -0.3 is 14.4 Å². The Morgan fingerprint density at radius 3 is 2.47 bits per heavy atom. The summed E-state index contributed by atoms with van der Waals surface area (Å²) in [6.45, 7) is 1.49. The number of carbonyl (C=O) groups is 1. The molecule has 104 valence electrons. The van der Waals surface area contributed by atoms with Crippen molar-refractivity contribution in [3.63, 3.8) is 0 Å². The zero-order valence-corrected chi connectivity index (χ0v) is 9.94. The second kappa shape index (κ2) is 5.48. The number of hydrogen-bond donors (Lipinski definition) is 0. The third kappa shape index (κ3) is 3.60. The van der Waals surface area contributed by atoms with Gasteiger partial charge in [-0.1, -0.05) is 12.1 Å². The lowest BCUT2D eigenvalue weighted by atomic mass is 10.1. The molecule has 7 heteroatoms. The van der Waals surface area contributed by atoms with Gasteiger partial charge in [0, 0.05) is 13.1 Å². The highest BCUT2D eigenvalue weighted by Crippen LogP contribution is 2.27. The van der Waals surface area contributed by atoms with Gasteiger partial charge in [0.15, 0.2) is 0 Å². The summed E-state index contributed by atoms with van der Waals surface area (Å²) in [6, 6.07) is 5.33. The molecule has 2 rings (SSSR count). The predicted molar refractivity (Wildman–Crippen MR) is 59.8 cm³/mol. The Kier molecular flexibility index (Phi) is 3.94. The quantitative estimate of drug-likeness (QED) is 0.829. The normalized spacial score (nSPS) is 16.3. The first-order valence-corrected chi connectivity index (χ1v) is 5.69. The zero-order chi connectivity index (χ0) is 13.9. The number of para-hydroxylation sites is 1. The first-order valence-electron chi connectivity index (χ1n) is 5.69. The molecule has 1 fully saturated rings. The van der Waals surface area contributed by atoms with Crippen molar-refractivity contribution in [1.82, 2.24) is 4.90 Å². The highest BCUT2D eigenvalue weighted by Gasteiger charge is 2.33. The molecule has 4 nitrogen and oxygen atoms in total. The molecule has 0 bridgehead atoms. The average Bonchev–Trinajstić information content (AvgIpc) is 2.38. The molecule has 19 heavy (non-hydrogen) atoms. The first-order chi connectivity index (χ1) is 8.97. The number of morpholine rings is 1. The zero-order valence-electron chi connectivity index (χ0n) is 9.94. The molecule has 0 aliphatic carbocycles. The second-order valence-corrected chi connectivity index (χ2v) is 3.95. The number of benzene rings is 1. The first kappa shape index (κ1) is 13.7. The predicted octanol–water partition coefficient (Wildman–Crippen LogP) is 2.06. The molecule has 1 aromatic carbocycles. The molecule has 0 radical (unpaired) electrons. The van der Waals surface area contributed by atoms with Gasteiger partial charge >= 0.3 is 6.36 Å². The van der Waals surface area contributed by atoms with Crippen molar-refractivity contribution in [2.24, 2.45) is 0 Å². The van der Waals surface area contributed by atoms with E-state index in [9.17, 15) is 18.0 Å². The highest BCUT2D eigenvalue weighted by molar-refractivity contribution is 5.97. The number of hydrogen-bond acceptors (Lipinski definition) is 3. The maximum Gasteiger partial charge on any atom is 0.573 e. The number of rotatable bonds is 2. The van der Waals surface area contributed by atoms with Crippen LogP contribution in [0.2, 0.25) is 0 Å². The van der Waals surface area contributed by atoms with Crippen LogP contribution in [0.4, 0.5) is 13.2 Å². The van der Waals surface area contributed by atoms with Gasteiger partial charge in [-0.3, -0.25) is 4.79 Å². The van der Waals surface area contributed by atoms with Crippen LogP contribution >= 0.6 is 0 Å². The van der Waals surface area contributed by atoms with Gasteiger partial charge in [0.2, 0.25) is 0 Å². The van der Waals surface area contributed by atoms with Crippen molar-refractivity contribution in [3.05, 3.63) is 29.8 Å². The lowest BCUT2D eigenvalue weighted by molar-refractivity contribution is -0.274. The van der Waals surface area contributed by atoms with Crippen molar-refractivity contribution >= 4 is 5.91 Å². The summed E-state index contributed by atoms with van der Waals surface area (Å²) < 4.78 is 45.7. The number of nitrogens with zero attached hydrogens (tertiary/aromatic N) is 1. The largest absolute Gasteiger partial charge is 0.573 e. The van der Waals surface area contributed by atoms with Gasteiger partial charge in [0.25, 0.3) is 5.91 Å². The van der Waals surface area contributed by atoms with Crippen molar-refractivity contribution in [2.45, 2.75) is 6.36 Å². The monoisotopic (exact) mass is 275 g/mol. The van der Waals surface area contributed by atoms with E-state index in [0.29, 0.717) is 26.3 Å². The smallest absolute Gasteiger partial charge is 0.405 e. The second-order valence-electron chi connectivity index (χ2n) is 3.95. The number of alkyl halides is 3. The molecule has 1 heterocycles. The molecular formula is C12H12F3NO3. The van der Waals surface area contributed by atoms with E-state index in [1.807, 2.05) is 0 Å². The number of carbonyl (C=O) groups excluding carboxylic acids is 1. The molecule has 0 unspecified atom stereocenters. The number of amides is 1. The minimum absolute atomic E-state index is 0.0956. The molecule has 0 aromatic heterocycles. The number of ether oxygens (including phenoxy) is 2. The highest BCUT2D eigenvalue weighted by atomic mass is 19.4. The fourth-order valence-corrected chi connectivity index (χ4v) is 1.79. The van der Waals surface area contributed by atoms with E-state index in [-0.39, 0.29) is 5.56 Å². The van der Waals surface area contributed by atoms with Crippen molar-refractivity contribution < 1.29 is 27.4 Å². The average molecular weight is 275 g/mol. The van der Waals surface area contributed by atoms with E-state index >= 15 is 0 Å². The van der Waals surface area contributed by atoms with Crippen molar-refractivity contribution in [1.29, 1.82) is 0 Å². The fourth-order valence-electron chi connectivity index (χ4n) is 1.79. The lowest BCUT2D eigenvalue weighted by Crippen LogP contribution is -2.41. The third-order valence-corrected chi connectivity index (χ3v) is 2.64. The maximum absolute atomic E-state index is 12.3. The molecule has 1 aliphatic heterocycles. The van der Waals surface area contributed by atoms with Crippen LogP contribution in [0.3, 0.4) is 0 Å². The van der Waals surface area contributed by atoms with Gasteiger partial charge in [0.05, 0.1) is 18.8 Å². The third-order valence-electron chi connectivity index (χ3n) is 2.64. The molecule has 1 aliphatic rings. The van der Waals surface area contributed by atoms with Crippen molar-refractivity contribution in [3.8, 4) is 5.75 Å². The summed E-state index contributed by atoms with van der Waals surface area (Å²) >= 11 is 0. The van der Waals surface area contributed by atoms with Gasteiger partial charge in [-0.15, -0.1) is 13.2 Å². The summed E-state index contributed by atoms with van der Waals surface area (Å²) in [7, 11) is 0. The molecule has 0 spiro atoms. The van der Waals surface area contributed by atoms with Crippen LogP contribution in [0, 0.1) is 0 Å². The van der Waals surface area contributed by atoms with E-state index in [2.05, 4.69) is 4.74 Å². The summed E-state index contributed by atoms with van der Waals surface area (Å²) in [5.41, 5.74) is -0.0956. The molecular weight excluding hydrogens is 263 g/mol. The van der Waals surface area contributed by atoms with E-state index < -0.39 is 18.0 Å². The Balaban J connectivity index is 2.21. The van der Waals surface area contributed by atoms with Crippen LogP contribution in [-0.2, 0) is 4.74 Å². The maximum atomic E-state index is 12.3. The minimum atomic E-state index is -4.82. The molecule has 0 saturated carbocycles. The Morgan fingerprint density at radius 1 is 1.21 bits per heavy atom. The topological polar surface area (TPSA) is 38.8 Å². The summed E-state index contributed by atoms with van der Waals surface area (Å²) in [5, 5.41) is 0. The molecule has 1 amide bonds. The van der Waals surface area contributed by atoms with E-state index in [4.69, 9.17) is 4.74 Å². The van der Waals surface area contributed by atoms with Gasteiger partial charge in [-0.2, -0.15) is 0 Å². The summed E-state index contributed by atoms with van der Waals surface area (Å²) in [4.78, 5) is 13.6. The van der Waals surface area contributed by atoms with E-state index in [0.717, 1.165) is 6.07 Å². The Hall–Kier alpha value is -1.76. The summed E-state index contributed by atoms with van der Waals surface area (Å²) in [5.74, 6) is -0.963. The summed E-state index contributed by atoms with van der Waals surface area (Å²) in [6.07, 6.45) is -4.82. The minimum Gasteiger partial charge on any atom is -0.405 e. The van der Waals surface area contributed by atoms with Crippen molar-refractivity contribution in [2.75, 3.05) is 26.3 Å². The SMILES string of the molecule is O=C(c1ccccc1OC(F)(F)F)N1CCOCC1. The van der Waals surface area contributed by atoms with Crippen LogP contribution in [0.25, 0.3) is 0 Å². The standard InChI is InChI=1S/C12H12F3NO3/c13-12(14,15)19-10-4-2-1-3-9(10)11(17)16-5-7-18-8-6-16/h1-4H,5-8H2. The van der Waals surface area contributed by atoms with Crippen LogP contribution in [-0.4, -0.2) is 43.5 Å². The molecule has 1 saturated heterocycles. The lowest BCUT2D eigenvalue weighted by Gasteiger charge is -2.27. The van der Waals surface area contributed by atoms with E-state index in [1.54, 1.807) is 0 Å². The van der Waals surface area contributed by atoms with Crippen LogP contribution in [0.15, 0.2) is 24.3 Å². The van der Waals surface area contributed by atoms with Crippen LogP contribution in [0.5, 0.6) is 5.75 Å². The van der Waals surface area contributed by atoms with Gasteiger partial charge in [0.1, 0.15) is 5.75 Å². The molecule has 0 atom stereocenters. The molecule has 0 N–H and O–H groups in total. The Labute approximate surface area is 107 Å². The van der Waals surface area contributed by atoms with Crippen LogP contribution < -0.4 is 4.74 Å². The molecule has 1 aromatic rings. The Bertz CT molecular complexity index is 456. The number of halogens is 3. The van der Waals surface area contributed by atoms with Gasteiger partial charge in [-0.25, -0.2) is 0 Å². The van der Waals surface area contributed by atoms with Gasteiger partial charge in [-0.05, 0) is 12.1 Å². The fraction of sp³-hybridized carbons (Fsp3) is 0.417. The Morgan fingerprint density at radius 2 is 1.84 bits per heavy atom. The van der Waals surface area contributed by atoms with E-state index in [1.165, 1.54) is 23.1 Å². The van der Waals surface area contributed by atoms with Crippen LogP contribution in [0.1, 0.15) is 10.4 Å².